The summed E-state index contributed by atoms with van der Waals surface area (Å²) >= 11 is -1.74. The quantitative estimate of drug-likeness (QED) is 0.186. The lowest BCUT2D eigenvalue weighted by Gasteiger charge is -2.11. The van der Waals surface area contributed by atoms with Crippen molar-refractivity contribution in [1.82, 2.24) is 10.8 Å². The van der Waals surface area contributed by atoms with Crippen molar-refractivity contribution in [1.29, 1.82) is 0 Å². The first-order chi connectivity index (χ1) is 17.9. The average molecular weight is 525 g/mol. The van der Waals surface area contributed by atoms with Crippen molar-refractivity contribution in [2.45, 2.75) is 18.7 Å². The Morgan fingerprint density at radius 1 is 0.784 bits per heavy atom. The van der Waals surface area contributed by atoms with Crippen molar-refractivity contribution in [3.05, 3.63) is 66.2 Å². The fourth-order valence-electron chi connectivity index (χ4n) is 3.93. The van der Waals surface area contributed by atoms with E-state index in [4.69, 9.17) is 4.28 Å². The number of phenolic OH excluding ortho intramolecular Hbond substituents is 2. The summed E-state index contributed by atoms with van der Waals surface area (Å²) in [5.74, 6) is -0.291. The third-order valence-corrected chi connectivity index (χ3v) is 6.58. The summed E-state index contributed by atoms with van der Waals surface area (Å²) in [5.41, 5.74) is 4.52. The lowest BCUT2D eigenvalue weighted by Crippen LogP contribution is -2.17. The molecule has 196 valence electrons. The molecule has 0 saturated carbocycles. The van der Waals surface area contributed by atoms with Crippen LogP contribution in [-0.2, 0) is 15.4 Å². The summed E-state index contributed by atoms with van der Waals surface area (Å²) in [4.78, 5) is 11.8. The Labute approximate surface area is 218 Å². The number of hydrogen-bond donors (Lipinski definition) is 6. The minimum Gasteiger partial charge on any atom is -0.506 e. The predicted molar refractivity (Wildman–Crippen MR) is 149 cm³/mol. The van der Waals surface area contributed by atoms with Crippen molar-refractivity contribution in [3.8, 4) is 11.5 Å². The number of anilines is 2. The molecule has 0 bridgehead atoms. The van der Waals surface area contributed by atoms with E-state index in [0.717, 1.165) is 35.2 Å². The summed E-state index contributed by atoms with van der Waals surface area (Å²) in [7, 11) is 3.06. The number of hydroxylamine groups is 1. The van der Waals surface area contributed by atoms with Gasteiger partial charge in [0.1, 0.15) is 16.4 Å². The molecule has 0 saturated heterocycles. The van der Waals surface area contributed by atoms with Gasteiger partial charge in [-0.1, -0.05) is 36.4 Å². The largest absolute Gasteiger partial charge is 0.506 e. The maximum Gasteiger partial charge on any atom is 0.254 e. The molecule has 0 radical (unpaired) electrons. The van der Waals surface area contributed by atoms with Gasteiger partial charge in [0.05, 0.1) is 5.56 Å². The maximum atomic E-state index is 11.8. The maximum absolute atomic E-state index is 11.8. The molecule has 0 fully saturated rings. The second-order valence-electron chi connectivity index (χ2n) is 7.84. The minimum atomic E-state index is -1.74. The molecule has 0 aromatic heterocycles. The lowest BCUT2D eigenvalue weighted by atomic mass is 10.0. The van der Waals surface area contributed by atoms with E-state index < -0.39 is 11.1 Å². The van der Waals surface area contributed by atoms with Gasteiger partial charge in [-0.05, 0) is 38.1 Å². The molecule has 9 nitrogen and oxygen atoms in total. The van der Waals surface area contributed by atoms with E-state index in [1.165, 1.54) is 7.05 Å². The van der Waals surface area contributed by atoms with Gasteiger partial charge in [0.25, 0.3) is 5.91 Å². The van der Waals surface area contributed by atoms with Crippen molar-refractivity contribution in [3.63, 3.8) is 0 Å². The van der Waals surface area contributed by atoms with Crippen LogP contribution in [0.4, 0.5) is 11.4 Å². The number of aromatic hydroxyl groups is 2. The summed E-state index contributed by atoms with van der Waals surface area (Å²) in [6, 6.07) is 18.1. The van der Waals surface area contributed by atoms with Gasteiger partial charge < -0.3 is 26.2 Å². The molecule has 1 atom stereocenters. The standard InChI is InChI=1S/C14H16N2O2.C13H16N2O3S/c1-3-16-12-6-4-5-10-9(12)7-8-11(13(10)17)14(18)15-2;1-3-15-11-6-4-5-10-9(11)7-8-12(13(10)16)19(17)18-14-2/h4-8,16-17H,3H2,1-2H3,(H,15,18);4-8,14-16H,3H2,1-2H3. The Morgan fingerprint density at radius 2 is 1.32 bits per heavy atom. The van der Waals surface area contributed by atoms with Gasteiger partial charge in [-0.15, -0.1) is 0 Å². The van der Waals surface area contributed by atoms with Crippen molar-refractivity contribution >= 4 is 49.9 Å². The number of benzene rings is 4. The molecule has 1 amide bonds. The summed E-state index contributed by atoms with van der Waals surface area (Å²) < 4.78 is 16.6. The van der Waals surface area contributed by atoms with Crippen molar-refractivity contribution < 1.29 is 23.5 Å². The highest BCUT2D eigenvalue weighted by molar-refractivity contribution is 7.80. The highest BCUT2D eigenvalue weighted by atomic mass is 32.2. The lowest BCUT2D eigenvalue weighted by molar-refractivity contribution is 0.0960. The molecule has 1 unspecified atom stereocenters. The molecule has 0 spiro atoms. The molecule has 4 aromatic carbocycles. The number of nitrogens with one attached hydrogen (secondary N) is 4. The van der Waals surface area contributed by atoms with E-state index in [-0.39, 0.29) is 22.3 Å². The molecule has 0 aliphatic rings. The molecule has 4 aromatic rings. The third-order valence-electron chi connectivity index (χ3n) is 5.57. The van der Waals surface area contributed by atoms with Crippen LogP contribution in [0.3, 0.4) is 0 Å². The SMILES string of the molecule is CCNc1cccc2c(O)c(C(=O)NC)ccc12.CCNc1cccc2c(O)c(S(=O)ONC)ccc12. The zero-order chi connectivity index (χ0) is 26.9. The van der Waals surface area contributed by atoms with E-state index in [2.05, 4.69) is 21.4 Å². The number of hydrogen-bond acceptors (Lipinski definition) is 8. The molecule has 0 aliphatic carbocycles. The average Bonchev–Trinajstić information content (AvgIpc) is 2.90. The van der Waals surface area contributed by atoms with E-state index >= 15 is 0 Å². The molecular weight excluding hydrogens is 492 g/mol. The van der Waals surface area contributed by atoms with Gasteiger partial charge in [-0.3, -0.25) is 4.79 Å². The summed E-state index contributed by atoms with van der Waals surface area (Å²) in [6.45, 7) is 5.61. The fourth-order valence-corrected chi connectivity index (χ4v) is 4.61. The predicted octanol–water partition coefficient (Wildman–Crippen LogP) is 4.49. The van der Waals surface area contributed by atoms with Gasteiger partial charge in [0, 0.05) is 60.1 Å². The zero-order valence-electron chi connectivity index (χ0n) is 21.2. The molecule has 10 heteroatoms. The van der Waals surface area contributed by atoms with E-state index in [1.54, 1.807) is 31.3 Å². The Morgan fingerprint density at radius 3 is 1.84 bits per heavy atom. The van der Waals surface area contributed by atoms with Crippen LogP contribution in [0.15, 0.2) is 65.6 Å². The molecular formula is C27H32N4O5S. The molecule has 6 N–H and O–H groups in total. The highest BCUT2D eigenvalue weighted by Gasteiger charge is 2.15. The van der Waals surface area contributed by atoms with Crippen LogP contribution in [0.25, 0.3) is 21.5 Å². The van der Waals surface area contributed by atoms with Crippen LogP contribution in [-0.4, -0.2) is 47.5 Å². The van der Waals surface area contributed by atoms with Crippen molar-refractivity contribution in [2.24, 2.45) is 0 Å². The molecule has 0 heterocycles. The summed E-state index contributed by atoms with van der Waals surface area (Å²) in [6.07, 6.45) is 0. The molecule has 0 aliphatic heterocycles. The Hall–Kier alpha value is -3.86. The van der Waals surface area contributed by atoms with Crippen LogP contribution in [0.2, 0.25) is 0 Å². The van der Waals surface area contributed by atoms with Gasteiger partial charge in [-0.2, -0.15) is 9.76 Å². The number of phenols is 2. The van der Waals surface area contributed by atoms with Crippen LogP contribution in [0.5, 0.6) is 11.5 Å². The Balaban J connectivity index is 0.000000206. The Kier molecular flexibility index (Phi) is 9.67. The first-order valence-corrected chi connectivity index (χ1v) is 12.9. The third kappa shape index (κ3) is 6.11. The second kappa shape index (κ2) is 12.9. The normalized spacial score (nSPS) is 11.5. The smallest absolute Gasteiger partial charge is 0.254 e. The topological polar surface area (TPSA) is 132 Å². The molecule has 37 heavy (non-hydrogen) atoms. The van der Waals surface area contributed by atoms with Gasteiger partial charge in [-0.25, -0.2) is 4.21 Å². The van der Waals surface area contributed by atoms with Crippen molar-refractivity contribution in [2.75, 3.05) is 37.8 Å². The van der Waals surface area contributed by atoms with Crippen LogP contribution >= 0.6 is 0 Å². The fraction of sp³-hybridized carbons (Fsp3) is 0.222. The van der Waals surface area contributed by atoms with E-state index in [1.807, 2.05) is 50.2 Å². The second-order valence-corrected chi connectivity index (χ2v) is 8.91. The van der Waals surface area contributed by atoms with Gasteiger partial charge >= 0.3 is 0 Å². The molecule has 4 rings (SSSR count). The zero-order valence-corrected chi connectivity index (χ0v) is 22.0. The van der Waals surface area contributed by atoms with Gasteiger partial charge in [0.15, 0.2) is 0 Å². The number of carbonyl (C=O) groups excluding carboxylic acids is 1. The minimum absolute atomic E-state index is 0.0200. The first kappa shape index (κ1) is 27.7. The number of fused-ring (bicyclic) bond motifs is 2. The van der Waals surface area contributed by atoms with E-state index in [0.29, 0.717) is 16.3 Å². The van der Waals surface area contributed by atoms with Gasteiger partial charge in [0.2, 0.25) is 11.1 Å². The van der Waals surface area contributed by atoms with Crippen LogP contribution in [0.1, 0.15) is 24.2 Å². The van der Waals surface area contributed by atoms with Crippen LogP contribution in [0, 0.1) is 0 Å². The Bertz CT molecular complexity index is 1430. The van der Waals surface area contributed by atoms with E-state index in [9.17, 15) is 19.2 Å². The monoisotopic (exact) mass is 524 g/mol. The first-order valence-electron chi connectivity index (χ1n) is 11.8. The number of rotatable bonds is 8. The summed E-state index contributed by atoms with van der Waals surface area (Å²) in [5, 5.41) is 32.4. The van der Waals surface area contributed by atoms with Crippen LogP contribution < -0.4 is 21.4 Å². The highest BCUT2D eigenvalue weighted by Crippen LogP contribution is 2.35. The number of amides is 1. The number of carbonyl (C=O) groups is 1.